The third-order valence-electron chi connectivity index (χ3n) is 2.42. The normalized spacial score (nSPS) is 10.3. The molecule has 0 saturated carbocycles. The largest absolute Gasteiger partial charge is 0.477 e. The number of hydrogen-bond acceptors (Lipinski definition) is 4. The second-order valence-corrected chi connectivity index (χ2v) is 5.72. The summed E-state index contributed by atoms with van der Waals surface area (Å²) in [4.78, 5) is 26.9. The van der Waals surface area contributed by atoms with Gasteiger partial charge in [-0.3, -0.25) is 4.79 Å². The van der Waals surface area contributed by atoms with E-state index >= 15 is 0 Å². The Balaban J connectivity index is 2.26. The lowest BCUT2D eigenvalue weighted by molar-refractivity contribution is 0.0701. The van der Waals surface area contributed by atoms with Crippen molar-refractivity contribution in [3.63, 3.8) is 0 Å². The number of aromatic nitrogens is 1. The van der Waals surface area contributed by atoms with Crippen molar-refractivity contribution in [3.8, 4) is 0 Å². The van der Waals surface area contributed by atoms with E-state index in [4.69, 9.17) is 28.3 Å². The van der Waals surface area contributed by atoms with E-state index < -0.39 is 11.9 Å². The molecule has 20 heavy (non-hydrogen) atoms. The fraction of sp³-hybridized carbons (Fsp3) is 0.0833. The molecule has 2 aromatic heterocycles. The molecule has 0 aliphatic carbocycles. The average Bonchev–Trinajstić information content (AvgIpc) is 2.73. The zero-order chi connectivity index (χ0) is 14.9. The molecule has 2 heterocycles. The second kappa shape index (κ2) is 5.78. The molecule has 0 radical (unpaired) electrons. The smallest absolute Gasteiger partial charge is 0.346 e. The summed E-state index contributed by atoms with van der Waals surface area (Å²) in [5.41, 5.74) is 0.756. The summed E-state index contributed by atoms with van der Waals surface area (Å²) in [6.45, 7) is 1.66. The maximum Gasteiger partial charge on any atom is 0.346 e. The first-order valence-electron chi connectivity index (χ1n) is 5.34. The van der Waals surface area contributed by atoms with Gasteiger partial charge in [-0.2, -0.15) is 0 Å². The van der Waals surface area contributed by atoms with Crippen molar-refractivity contribution in [2.75, 3.05) is 5.32 Å². The number of carboxylic acids is 1. The van der Waals surface area contributed by atoms with Crippen LogP contribution in [0.1, 0.15) is 25.6 Å². The summed E-state index contributed by atoms with van der Waals surface area (Å²) < 4.78 is 0. The van der Waals surface area contributed by atoms with E-state index in [1.807, 2.05) is 0 Å². The van der Waals surface area contributed by atoms with Gasteiger partial charge >= 0.3 is 5.97 Å². The highest BCUT2D eigenvalue weighted by atomic mass is 35.5. The van der Waals surface area contributed by atoms with Crippen molar-refractivity contribution in [2.24, 2.45) is 0 Å². The van der Waals surface area contributed by atoms with E-state index in [1.54, 1.807) is 13.0 Å². The summed E-state index contributed by atoms with van der Waals surface area (Å²) >= 11 is 12.6. The minimum absolute atomic E-state index is 0.146. The van der Waals surface area contributed by atoms with E-state index in [0.717, 1.165) is 11.3 Å². The van der Waals surface area contributed by atoms with Crippen molar-refractivity contribution >= 4 is 51.4 Å². The molecular weight excluding hydrogens is 323 g/mol. The first-order valence-corrected chi connectivity index (χ1v) is 6.92. The molecule has 0 unspecified atom stereocenters. The number of nitrogens with zero attached hydrogens (tertiary/aromatic N) is 1. The van der Waals surface area contributed by atoms with Gasteiger partial charge in [-0.15, -0.1) is 11.3 Å². The predicted octanol–water partition coefficient (Wildman–Crippen LogP) is 3.71. The predicted molar refractivity (Wildman–Crippen MR) is 78.2 cm³/mol. The number of carboxylic acid groups (broad SMARTS) is 1. The van der Waals surface area contributed by atoms with E-state index in [-0.39, 0.29) is 20.6 Å². The lowest BCUT2D eigenvalue weighted by Crippen LogP contribution is -2.11. The number of thiophene rings is 1. The molecule has 0 aliphatic rings. The molecule has 0 aromatic carbocycles. The molecule has 2 rings (SSSR count). The third kappa shape index (κ3) is 3.09. The van der Waals surface area contributed by atoms with Crippen LogP contribution in [0.2, 0.25) is 10.2 Å². The van der Waals surface area contributed by atoms with E-state index in [0.29, 0.717) is 10.6 Å². The van der Waals surface area contributed by atoms with Crippen LogP contribution in [0.25, 0.3) is 0 Å². The van der Waals surface area contributed by atoms with Crippen LogP contribution in [-0.4, -0.2) is 22.0 Å². The van der Waals surface area contributed by atoms with Crippen LogP contribution in [-0.2, 0) is 0 Å². The zero-order valence-corrected chi connectivity index (χ0v) is 12.4. The number of anilines is 1. The first kappa shape index (κ1) is 14.8. The zero-order valence-electron chi connectivity index (χ0n) is 10.1. The number of amides is 1. The summed E-state index contributed by atoms with van der Waals surface area (Å²) in [5, 5.41) is 12.3. The Morgan fingerprint density at radius 2 is 2.05 bits per heavy atom. The average molecular weight is 331 g/mol. The monoisotopic (exact) mass is 330 g/mol. The maximum absolute atomic E-state index is 12.1. The molecular formula is C12H8Cl2N2O3S. The van der Waals surface area contributed by atoms with Gasteiger partial charge in [-0.05, 0) is 24.6 Å². The summed E-state index contributed by atoms with van der Waals surface area (Å²) in [5.74, 6) is -1.50. The number of rotatable bonds is 3. The van der Waals surface area contributed by atoms with Gasteiger partial charge in [-0.1, -0.05) is 23.2 Å². The number of hydrogen-bond donors (Lipinski definition) is 2. The van der Waals surface area contributed by atoms with Crippen molar-refractivity contribution in [2.45, 2.75) is 6.92 Å². The molecule has 104 valence electrons. The standard InChI is InChI=1S/C12H8Cl2N2O3S/c1-5-2-9(20-10(5)12(18)19)16-11(17)6-3-8(14)15-4-7(6)13/h2-4H,1H3,(H,16,17)(H,18,19). The molecule has 0 fully saturated rings. The van der Waals surface area contributed by atoms with Gasteiger partial charge in [0.25, 0.3) is 5.91 Å². The number of pyridine rings is 1. The Kier molecular flexibility index (Phi) is 4.27. The fourth-order valence-corrected chi connectivity index (χ4v) is 2.78. The van der Waals surface area contributed by atoms with Crippen LogP contribution in [0.3, 0.4) is 0 Å². The highest BCUT2D eigenvalue weighted by Gasteiger charge is 2.16. The van der Waals surface area contributed by atoms with Crippen molar-refractivity contribution in [1.29, 1.82) is 0 Å². The molecule has 0 spiro atoms. The molecule has 0 aliphatic heterocycles. The fourth-order valence-electron chi connectivity index (χ4n) is 1.52. The van der Waals surface area contributed by atoms with Crippen LogP contribution in [0.4, 0.5) is 5.00 Å². The highest BCUT2D eigenvalue weighted by Crippen LogP contribution is 2.28. The van der Waals surface area contributed by atoms with Gasteiger partial charge in [0.2, 0.25) is 0 Å². The highest BCUT2D eigenvalue weighted by molar-refractivity contribution is 7.18. The molecule has 1 amide bonds. The van der Waals surface area contributed by atoms with Crippen molar-refractivity contribution in [3.05, 3.63) is 44.5 Å². The molecule has 5 nitrogen and oxygen atoms in total. The second-order valence-electron chi connectivity index (χ2n) is 3.87. The van der Waals surface area contributed by atoms with Crippen LogP contribution >= 0.6 is 34.5 Å². The third-order valence-corrected chi connectivity index (χ3v) is 4.06. The van der Waals surface area contributed by atoms with Gasteiger partial charge in [0, 0.05) is 6.20 Å². The van der Waals surface area contributed by atoms with Gasteiger partial charge in [0.05, 0.1) is 15.6 Å². The van der Waals surface area contributed by atoms with Gasteiger partial charge < -0.3 is 10.4 Å². The molecule has 0 bridgehead atoms. The number of carbonyl (C=O) groups excluding carboxylic acids is 1. The number of nitrogens with one attached hydrogen (secondary N) is 1. The Hall–Kier alpha value is -1.63. The van der Waals surface area contributed by atoms with Gasteiger partial charge in [0.15, 0.2) is 0 Å². The Morgan fingerprint density at radius 1 is 1.35 bits per heavy atom. The minimum Gasteiger partial charge on any atom is -0.477 e. The maximum atomic E-state index is 12.1. The lowest BCUT2D eigenvalue weighted by Gasteiger charge is -2.04. The van der Waals surface area contributed by atoms with Crippen LogP contribution in [0.5, 0.6) is 0 Å². The van der Waals surface area contributed by atoms with Crippen LogP contribution in [0, 0.1) is 6.92 Å². The molecule has 2 N–H and O–H groups in total. The molecule has 8 heteroatoms. The first-order chi connectivity index (χ1) is 9.38. The number of halogens is 2. The SMILES string of the molecule is Cc1cc(NC(=O)c2cc(Cl)ncc2Cl)sc1C(=O)O. The van der Waals surface area contributed by atoms with E-state index in [1.165, 1.54) is 12.3 Å². The molecule has 2 aromatic rings. The Bertz CT molecular complexity index is 700. The number of aromatic carboxylic acids is 1. The van der Waals surface area contributed by atoms with Gasteiger partial charge in [-0.25, -0.2) is 9.78 Å². The van der Waals surface area contributed by atoms with Crippen molar-refractivity contribution < 1.29 is 14.7 Å². The molecule has 0 saturated heterocycles. The summed E-state index contributed by atoms with van der Waals surface area (Å²) in [7, 11) is 0. The van der Waals surface area contributed by atoms with E-state index in [9.17, 15) is 9.59 Å². The quantitative estimate of drug-likeness (QED) is 0.841. The summed E-state index contributed by atoms with van der Waals surface area (Å²) in [6.07, 6.45) is 1.28. The Morgan fingerprint density at radius 3 is 2.65 bits per heavy atom. The topological polar surface area (TPSA) is 79.3 Å². The minimum atomic E-state index is -1.03. The number of carbonyl (C=O) groups is 2. The van der Waals surface area contributed by atoms with E-state index in [2.05, 4.69) is 10.3 Å². The molecule has 0 atom stereocenters. The summed E-state index contributed by atoms with van der Waals surface area (Å²) in [6, 6.07) is 2.93. The number of aryl methyl sites for hydroxylation is 1. The van der Waals surface area contributed by atoms with Crippen LogP contribution < -0.4 is 5.32 Å². The van der Waals surface area contributed by atoms with Crippen molar-refractivity contribution in [1.82, 2.24) is 4.98 Å². The Labute approximate surface area is 128 Å². The van der Waals surface area contributed by atoms with Gasteiger partial charge in [0.1, 0.15) is 10.0 Å². The van der Waals surface area contributed by atoms with Crippen LogP contribution in [0.15, 0.2) is 18.3 Å². The lowest BCUT2D eigenvalue weighted by atomic mass is 10.2.